The van der Waals surface area contributed by atoms with Gasteiger partial charge in [-0.25, -0.2) is 8.42 Å². The Morgan fingerprint density at radius 3 is 2.65 bits per heavy atom. The van der Waals surface area contributed by atoms with E-state index in [1.165, 1.54) is 4.88 Å². The molecule has 6 nitrogen and oxygen atoms in total. The maximum atomic E-state index is 13.0. The lowest BCUT2D eigenvalue weighted by Crippen LogP contribution is -2.48. The molecule has 0 bridgehead atoms. The van der Waals surface area contributed by atoms with Crippen molar-refractivity contribution in [2.24, 2.45) is 0 Å². The molecule has 1 amide bonds. The lowest BCUT2D eigenvalue weighted by atomic mass is 10.0. The van der Waals surface area contributed by atoms with Crippen molar-refractivity contribution in [1.82, 2.24) is 9.21 Å². The van der Waals surface area contributed by atoms with Crippen molar-refractivity contribution in [2.75, 3.05) is 31.5 Å². The van der Waals surface area contributed by atoms with Crippen LogP contribution in [0, 0.1) is 0 Å². The first-order valence-corrected chi connectivity index (χ1v) is 11.0. The number of carbonyl (C=O) groups is 1. The summed E-state index contributed by atoms with van der Waals surface area (Å²) >= 11 is 1.72. The molecule has 0 aliphatic carbocycles. The van der Waals surface area contributed by atoms with E-state index in [0.29, 0.717) is 18.8 Å². The molecule has 1 aromatic carbocycles. The number of thiophene rings is 1. The monoisotopic (exact) mass is 391 g/mol. The third-order valence-electron chi connectivity index (χ3n) is 5.07. The van der Waals surface area contributed by atoms with Crippen LogP contribution in [0.4, 0.5) is 5.69 Å². The number of piperazine rings is 1. The second kappa shape index (κ2) is 6.77. The van der Waals surface area contributed by atoms with Gasteiger partial charge in [0.05, 0.1) is 10.8 Å². The molecule has 26 heavy (non-hydrogen) atoms. The summed E-state index contributed by atoms with van der Waals surface area (Å²) in [5.74, 6) is -0.403. The molecule has 0 radical (unpaired) electrons. The van der Waals surface area contributed by atoms with Crippen LogP contribution < -0.4 is 5.32 Å². The van der Waals surface area contributed by atoms with Crippen molar-refractivity contribution in [3.8, 4) is 0 Å². The van der Waals surface area contributed by atoms with Crippen LogP contribution in [-0.2, 0) is 21.4 Å². The smallest absolute Gasteiger partial charge is 0.243 e. The van der Waals surface area contributed by atoms with Gasteiger partial charge < -0.3 is 5.32 Å². The van der Waals surface area contributed by atoms with Gasteiger partial charge in [-0.2, -0.15) is 4.31 Å². The SMILES string of the molecule is C[C@H]1C(=O)Nc2ccc(S(=O)(=O)N3CCN(Cc4cccs4)CC3)cc21. The first-order valence-electron chi connectivity index (χ1n) is 8.65. The van der Waals surface area contributed by atoms with Gasteiger partial charge in [0.2, 0.25) is 15.9 Å². The van der Waals surface area contributed by atoms with Gasteiger partial charge in [-0.15, -0.1) is 11.3 Å². The molecule has 138 valence electrons. The van der Waals surface area contributed by atoms with Gasteiger partial charge in [-0.1, -0.05) is 6.07 Å². The highest BCUT2D eigenvalue weighted by Crippen LogP contribution is 2.34. The molecular weight excluding hydrogens is 370 g/mol. The number of hydrogen-bond acceptors (Lipinski definition) is 5. The number of anilines is 1. The average molecular weight is 392 g/mol. The van der Waals surface area contributed by atoms with Crippen molar-refractivity contribution in [1.29, 1.82) is 0 Å². The molecule has 2 aliphatic heterocycles. The van der Waals surface area contributed by atoms with Gasteiger partial charge in [0.25, 0.3) is 0 Å². The van der Waals surface area contributed by atoms with E-state index in [-0.39, 0.29) is 16.7 Å². The van der Waals surface area contributed by atoms with Crippen LogP contribution in [0.1, 0.15) is 23.3 Å². The van der Waals surface area contributed by atoms with Crippen molar-refractivity contribution >= 4 is 33.0 Å². The first kappa shape index (κ1) is 17.7. The molecule has 3 heterocycles. The Morgan fingerprint density at radius 2 is 1.96 bits per heavy atom. The molecule has 0 unspecified atom stereocenters. The van der Waals surface area contributed by atoms with Crippen molar-refractivity contribution in [3.05, 3.63) is 46.2 Å². The molecule has 1 aromatic heterocycles. The molecule has 8 heteroatoms. The van der Waals surface area contributed by atoms with Gasteiger partial charge in [0.1, 0.15) is 0 Å². The quantitative estimate of drug-likeness (QED) is 0.868. The predicted octanol–water partition coefficient (Wildman–Crippen LogP) is 2.31. The zero-order valence-electron chi connectivity index (χ0n) is 14.5. The number of sulfonamides is 1. The van der Waals surface area contributed by atoms with E-state index in [2.05, 4.69) is 21.7 Å². The molecule has 2 aliphatic rings. The normalized spacial score (nSPS) is 21.6. The summed E-state index contributed by atoms with van der Waals surface area (Å²) in [5.41, 5.74) is 1.47. The second-order valence-corrected chi connectivity index (χ2v) is 9.69. The van der Waals surface area contributed by atoms with Crippen LogP contribution in [-0.4, -0.2) is 49.7 Å². The number of hydrogen-bond donors (Lipinski definition) is 1. The number of rotatable bonds is 4. The zero-order chi connectivity index (χ0) is 18.3. The molecule has 4 rings (SSSR count). The number of nitrogens with one attached hydrogen (secondary N) is 1. The third kappa shape index (κ3) is 3.18. The fourth-order valence-electron chi connectivity index (χ4n) is 3.46. The summed E-state index contributed by atoms with van der Waals surface area (Å²) in [5, 5.41) is 4.84. The van der Waals surface area contributed by atoms with Crippen molar-refractivity contribution < 1.29 is 13.2 Å². The molecule has 1 fully saturated rings. The summed E-state index contributed by atoms with van der Waals surface area (Å²) in [6, 6.07) is 9.07. The Kier molecular flexibility index (Phi) is 4.60. The Bertz CT molecular complexity index is 917. The van der Waals surface area contributed by atoms with Crippen LogP contribution in [0.2, 0.25) is 0 Å². The highest BCUT2D eigenvalue weighted by atomic mass is 32.2. The lowest BCUT2D eigenvalue weighted by molar-refractivity contribution is -0.116. The van der Waals surface area contributed by atoms with Gasteiger partial charge in [0.15, 0.2) is 0 Å². The van der Waals surface area contributed by atoms with E-state index in [1.54, 1.807) is 40.8 Å². The van der Waals surface area contributed by atoms with E-state index in [4.69, 9.17) is 0 Å². The fraction of sp³-hybridized carbons (Fsp3) is 0.389. The van der Waals surface area contributed by atoms with Gasteiger partial charge in [0, 0.05) is 43.3 Å². The summed E-state index contributed by atoms with van der Waals surface area (Å²) in [6.07, 6.45) is 0. The largest absolute Gasteiger partial charge is 0.325 e. The summed E-state index contributed by atoms with van der Waals surface area (Å²) in [6.45, 7) is 5.07. The van der Waals surface area contributed by atoms with Crippen LogP contribution in [0.5, 0.6) is 0 Å². The molecule has 2 aromatic rings. The summed E-state index contributed by atoms with van der Waals surface area (Å²) < 4.78 is 27.6. The predicted molar refractivity (Wildman–Crippen MR) is 102 cm³/mol. The molecule has 1 atom stereocenters. The maximum Gasteiger partial charge on any atom is 0.243 e. The van der Waals surface area contributed by atoms with Crippen LogP contribution >= 0.6 is 11.3 Å². The minimum absolute atomic E-state index is 0.0864. The minimum Gasteiger partial charge on any atom is -0.325 e. The number of amides is 1. The van der Waals surface area contributed by atoms with Crippen LogP contribution in [0.25, 0.3) is 0 Å². The van der Waals surface area contributed by atoms with E-state index >= 15 is 0 Å². The number of fused-ring (bicyclic) bond motifs is 1. The zero-order valence-corrected chi connectivity index (χ0v) is 16.1. The standard InChI is InChI=1S/C18H21N3O3S2/c1-13-16-11-15(4-5-17(16)19-18(13)22)26(23,24)21-8-6-20(7-9-21)12-14-3-2-10-25-14/h2-5,10-11,13H,6-9,12H2,1H3,(H,19,22)/t13-/m1/s1. The molecule has 0 spiro atoms. The Labute approximate surface area is 157 Å². The number of nitrogens with zero attached hydrogens (tertiary/aromatic N) is 2. The average Bonchev–Trinajstić information content (AvgIpc) is 3.24. The molecule has 0 saturated carbocycles. The van der Waals surface area contributed by atoms with Gasteiger partial charge in [-0.3, -0.25) is 9.69 Å². The number of benzene rings is 1. The van der Waals surface area contributed by atoms with Gasteiger partial charge >= 0.3 is 0 Å². The van der Waals surface area contributed by atoms with E-state index in [1.807, 2.05) is 6.07 Å². The summed E-state index contributed by atoms with van der Waals surface area (Å²) in [7, 11) is -3.54. The highest BCUT2D eigenvalue weighted by Gasteiger charge is 2.32. The summed E-state index contributed by atoms with van der Waals surface area (Å²) in [4.78, 5) is 15.6. The Balaban J connectivity index is 1.47. The first-order chi connectivity index (χ1) is 12.4. The molecule has 1 N–H and O–H groups in total. The Morgan fingerprint density at radius 1 is 1.19 bits per heavy atom. The van der Waals surface area contributed by atoms with E-state index in [0.717, 1.165) is 25.2 Å². The third-order valence-corrected chi connectivity index (χ3v) is 7.83. The second-order valence-electron chi connectivity index (χ2n) is 6.72. The highest BCUT2D eigenvalue weighted by molar-refractivity contribution is 7.89. The molecule has 1 saturated heterocycles. The molecular formula is C18H21N3O3S2. The minimum atomic E-state index is -3.54. The van der Waals surface area contributed by atoms with E-state index < -0.39 is 10.0 Å². The van der Waals surface area contributed by atoms with Crippen LogP contribution in [0.3, 0.4) is 0 Å². The van der Waals surface area contributed by atoms with Crippen molar-refractivity contribution in [2.45, 2.75) is 24.3 Å². The fourth-order valence-corrected chi connectivity index (χ4v) is 5.66. The van der Waals surface area contributed by atoms with Crippen molar-refractivity contribution in [3.63, 3.8) is 0 Å². The maximum absolute atomic E-state index is 13.0. The topological polar surface area (TPSA) is 69.7 Å². The lowest BCUT2D eigenvalue weighted by Gasteiger charge is -2.33. The number of carbonyl (C=O) groups excluding carboxylic acids is 1. The van der Waals surface area contributed by atoms with E-state index in [9.17, 15) is 13.2 Å². The van der Waals surface area contributed by atoms with Gasteiger partial charge in [-0.05, 0) is 42.1 Å². The Hall–Kier alpha value is -1.74. The van der Waals surface area contributed by atoms with Crippen LogP contribution in [0.15, 0.2) is 40.6 Å².